The first kappa shape index (κ1) is 68.1. The number of hydrogen-bond donors (Lipinski definition) is 2. The van der Waals surface area contributed by atoms with Gasteiger partial charge in [-0.15, -0.1) is 0 Å². The molecule has 0 spiro atoms. The molecule has 0 aromatic rings. The Bertz CT molecular complexity index is 1620. The van der Waals surface area contributed by atoms with Crippen molar-refractivity contribution < 1.29 is 52.2 Å². The van der Waals surface area contributed by atoms with Gasteiger partial charge in [-0.2, -0.15) is 0 Å². The fourth-order valence-electron chi connectivity index (χ4n) is 6.95. The van der Waals surface area contributed by atoms with Crippen LogP contribution in [-0.4, -0.2) is 66.5 Å². The molecule has 12 heteroatoms. The molecular weight excluding hydrogens is 928 g/mol. The number of aliphatic hydroxyl groups is 1. The van der Waals surface area contributed by atoms with Gasteiger partial charge in [-0.3, -0.25) is 23.4 Å². The summed E-state index contributed by atoms with van der Waals surface area (Å²) in [7, 11) is -4.78. The highest BCUT2D eigenvalue weighted by molar-refractivity contribution is 7.47. The van der Waals surface area contributed by atoms with E-state index in [-0.39, 0.29) is 25.9 Å². The third-order valence-electron chi connectivity index (χ3n) is 11.2. The highest BCUT2D eigenvalue weighted by Gasteiger charge is 2.28. The molecule has 3 unspecified atom stereocenters. The number of carbonyl (C=O) groups is 3. The van der Waals surface area contributed by atoms with Gasteiger partial charge in [0.15, 0.2) is 6.10 Å². The van der Waals surface area contributed by atoms with E-state index < -0.39 is 57.8 Å². The Hall–Kier alpha value is -3.86. The van der Waals surface area contributed by atoms with Crippen LogP contribution in [0, 0.1) is 0 Å². The summed E-state index contributed by atoms with van der Waals surface area (Å²) >= 11 is 0. The van der Waals surface area contributed by atoms with Gasteiger partial charge in [-0.25, -0.2) is 4.57 Å². The molecule has 0 aromatic carbocycles. The highest BCUT2D eigenvalue weighted by Crippen LogP contribution is 2.43. The fraction of sp³-hybridized carbons (Fsp3) is 0.650. The molecule has 72 heavy (non-hydrogen) atoms. The van der Waals surface area contributed by atoms with Gasteiger partial charge in [0.1, 0.15) is 12.7 Å². The molecule has 410 valence electrons. The van der Waals surface area contributed by atoms with E-state index in [2.05, 4.69) is 106 Å². The lowest BCUT2D eigenvalue weighted by Crippen LogP contribution is -2.30. The van der Waals surface area contributed by atoms with Crippen LogP contribution in [-0.2, 0) is 42.2 Å². The molecule has 0 heterocycles. The molecule has 0 radical (unpaired) electrons. The van der Waals surface area contributed by atoms with Crippen molar-refractivity contribution in [2.75, 3.05) is 26.4 Å². The number of rotatable bonds is 50. The van der Waals surface area contributed by atoms with Crippen LogP contribution in [0.15, 0.2) is 109 Å². The molecule has 0 aliphatic rings. The molecule has 2 N–H and O–H groups in total. The first-order chi connectivity index (χ1) is 35.2. The van der Waals surface area contributed by atoms with Crippen molar-refractivity contribution in [1.82, 2.24) is 0 Å². The van der Waals surface area contributed by atoms with Gasteiger partial charge in [0.2, 0.25) is 0 Å². The summed E-state index contributed by atoms with van der Waals surface area (Å²) in [6.45, 7) is 4.30. The van der Waals surface area contributed by atoms with Crippen molar-refractivity contribution >= 4 is 25.7 Å². The summed E-state index contributed by atoms with van der Waals surface area (Å²) < 4.78 is 39.3. The maximum absolute atomic E-state index is 12.9. The Morgan fingerprint density at radius 3 is 1.28 bits per heavy atom. The largest absolute Gasteiger partial charge is 0.472 e. The summed E-state index contributed by atoms with van der Waals surface area (Å²) in [6.07, 6.45) is 63.7. The third kappa shape index (κ3) is 51.1. The van der Waals surface area contributed by atoms with Crippen molar-refractivity contribution in [2.24, 2.45) is 0 Å². The predicted octanol–water partition coefficient (Wildman–Crippen LogP) is 16.2. The maximum Gasteiger partial charge on any atom is 0.472 e. The zero-order chi connectivity index (χ0) is 52.7. The number of unbranched alkanes of at least 4 members (excludes halogenated alkanes) is 16. The molecule has 0 fully saturated rings. The number of ether oxygens (including phenoxy) is 3. The topological polar surface area (TPSA) is 155 Å². The van der Waals surface area contributed by atoms with E-state index in [0.717, 1.165) is 116 Å². The number of esters is 3. The van der Waals surface area contributed by atoms with E-state index in [9.17, 15) is 28.9 Å². The van der Waals surface area contributed by atoms with Crippen LogP contribution >= 0.6 is 7.82 Å². The number of hydrogen-bond acceptors (Lipinski definition) is 10. The normalized spacial score (nSPS) is 14.2. The monoisotopic (exact) mass is 1030 g/mol. The molecule has 0 amide bonds. The van der Waals surface area contributed by atoms with Crippen molar-refractivity contribution in [3.05, 3.63) is 109 Å². The van der Waals surface area contributed by atoms with Gasteiger partial charge in [0.25, 0.3) is 0 Å². The van der Waals surface area contributed by atoms with Gasteiger partial charge in [-0.05, 0) is 103 Å². The summed E-state index contributed by atoms with van der Waals surface area (Å²) in [5.74, 6) is -1.65. The predicted molar refractivity (Wildman–Crippen MR) is 297 cm³/mol. The fourth-order valence-corrected chi connectivity index (χ4v) is 7.73. The Morgan fingerprint density at radius 1 is 0.417 bits per heavy atom. The summed E-state index contributed by atoms with van der Waals surface area (Å²) in [5, 5.41) is 9.78. The van der Waals surface area contributed by atoms with E-state index in [1.165, 1.54) is 38.5 Å². The molecule has 11 nitrogen and oxygen atoms in total. The molecule has 0 aliphatic heterocycles. The van der Waals surface area contributed by atoms with Crippen LogP contribution in [0.3, 0.4) is 0 Å². The Morgan fingerprint density at radius 2 is 0.792 bits per heavy atom. The van der Waals surface area contributed by atoms with Crippen molar-refractivity contribution in [2.45, 2.75) is 226 Å². The van der Waals surface area contributed by atoms with Crippen molar-refractivity contribution in [1.29, 1.82) is 0 Å². The average Bonchev–Trinajstić information content (AvgIpc) is 3.37. The summed E-state index contributed by atoms with van der Waals surface area (Å²) in [5.41, 5.74) is 0. The van der Waals surface area contributed by atoms with Gasteiger partial charge in [-0.1, -0.05) is 201 Å². The van der Waals surface area contributed by atoms with Crippen molar-refractivity contribution in [3.63, 3.8) is 0 Å². The molecule has 0 aliphatic carbocycles. The third-order valence-corrected chi connectivity index (χ3v) is 12.1. The Kier molecular flexibility index (Phi) is 50.6. The van der Waals surface area contributed by atoms with E-state index in [0.29, 0.717) is 19.3 Å². The number of phosphoric acid groups is 1. The number of carbonyl (C=O) groups excluding carboxylic acids is 3. The minimum absolute atomic E-state index is 0.0728. The van der Waals surface area contributed by atoms with E-state index in [1.807, 2.05) is 18.2 Å². The molecule has 3 atom stereocenters. The lowest BCUT2D eigenvalue weighted by Gasteiger charge is -2.21. The van der Waals surface area contributed by atoms with Crippen LogP contribution in [0.5, 0.6) is 0 Å². The van der Waals surface area contributed by atoms with E-state index >= 15 is 0 Å². The number of allylic oxidation sites excluding steroid dienone is 17. The first-order valence-electron chi connectivity index (χ1n) is 27.8. The van der Waals surface area contributed by atoms with E-state index in [4.69, 9.17) is 23.3 Å². The Balaban J connectivity index is 4.87. The second-order valence-electron chi connectivity index (χ2n) is 18.0. The molecule has 0 bridgehead atoms. The van der Waals surface area contributed by atoms with Crippen LogP contribution in [0.2, 0.25) is 0 Å². The van der Waals surface area contributed by atoms with Crippen LogP contribution < -0.4 is 0 Å². The lowest BCUT2D eigenvalue weighted by atomic mass is 10.1. The summed E-state index contributed by atoms with van der Waals surface area (Å²) in [6, 6.07) is 0. The van der Waals surface area contributed by atoms with Gasteiger partial charge in [0, 0.05) is 12.8 Å². The standard InChI is InChI=1S/C60H99O11P/c1-4-7-10-13-16-19-22-24-26-27-28-29-31-32-35-37-40-43-46-49-58(62)67-53-57(71-60(64)51-48-45-42-39-36-33-30-25-23-20-17-14-11-8-5-2)55-69-72(65,66)68-54-56(52-61)70-59(63)50-47-44-41-38-34-21-18-15-12-9-6-3/h8,11,15-20,24-26,28-30,36,39,45,48,56-57,61H,4-7,9-10,12-14,21-23,27,31-35,37-38,40-44,46-47,49-55H2,1-3H3,(H,65,66)/b11-8-,18-15-,19-16-,20-17-,26-24-,29-28-,30-25-,39-36-,48-45-. The molecule has 0 saturated carbocycles. The van der Waals surface area contributed by atoms with Crippen LogP contribution in [0.25, 0.3) is 0 Å². The SMILES string of the molecule is CC/C=C\C/C=C\C/C=C\C/C=C\C/C=C\CC(=O)OC(COC(=O)CCCCCCCC/C=C\C/C=C\C/C=C\CCCCC)COP(=O)(O)OCC(CO)OC(=O)CCCCCCC/C=C\CCCC. The van der Waals surface area contributed by atoms with Crippen LogP contribution in [0.1, 0.15) is 213 Å². The second-order valence-corrected chi connectivity index (χ2v) is 19.5. The smallest absolute Gasteiger partial charge is 0.462 e. The molecule has 0 rings (SSSR count). The lowest BCUT2D eigenvalue weighted by molar-refractivity contribution is -0.160. The van der Waals surface area contributed by atoms with Gasteiger partial charge < -0.3 is 24.2 Å². The van der Waals surface area contributed by atoms with Crippen LogP contribution in [0.4, 0.5) is 0 Å². The minimum atomic E-state index is -4.78. The molecule has 0 aromatic heterocycles. The zero-order valence-corrected chi connectivity index (χ0v) is 46.0. The quantitative estimate of drug-likeness (QED) is 0.0197. The second kappa shape index (κ2) is 53.4. The van der Waals surface area contributed by atoms with Crippen molar-refractivity contribution in [3.8, 4) is 0 Å². The molecule has 0 saturated heterocycles. The first-order valence-corrected chi connectivity index (χ1v) is 29.3. The van der Waals surface area contributed by atoms with Gasteiger partial charge in [0.05, 0.1) is 26.2 Å². The average molecular weight is 1030 g/mol. The maximum atomic E-state index is 12.9. The molecular formula is C60H99O11P. The van der Waals surface area contributed by atoms with E-state index in [1.54, 1.807) is 6.08 Å². The van der Waals surface area contributed by atoms with Gasteiger partial charge >= 0.3 is 25.7 Å². The Labute approximate surface area is 437 Å². The summed E-state index contributed by atoms with van der Waals surface area (Å²) in [4.78, 5) is 48.4. The zero-order valence-electron chi connectivity index (χ0n) is 45.1. The number of phosphoric ester groups is 1. The minimum Gasteiger partial charge on any atom is -0.462 e. The highest BCUT2D eigenvalue weighted by atomic mass is 31.2. The number of aliphatic hydroxyl groups excluding tert-OH is 1.